The first-order valence-electron chi connectivity index (χ1n) is 5.96. The fourth-order valence-corrected chi connectivity index (χ4v) is 4.19. The Labute approximate surface area is 105 Å². The summed E-state index contributed by atoms with van der Waals surface area (Å²) in [6.07, 6.45) is 1.82. The quantitative estimate of drug-likeness (QED) is 0.772. The molecule has 0 amide bonds. The molecule has 4 heteroatoms. The minimum atomic E-state index is -0.243. The van der Waals surface area contributed by atoms with Crippen molar-refractivity contribution < 1.29 is 9.13 Å². The van der Waals surface area contributed by atoms with E-state index >= 15 is 0 Å². The number of fused-ring (bicyclic) bond motifs is 1. The second kappa shape index (κ2) is 3.89. The van der Waals surface area contributed by atoms with E-state index in [1.165, 1.54) is 12.1 Å². The topological polar surface area (TPSA) is 35.2 Å². The molecule has 0 bridgehead atoms. The zero-order valence-corrected chi connectivity index (χ0v) is 10.6. The Hall–Kier alpha value is -0.740. The highest BCUT2D eigenvalue weighted by atomic mass is 32.2. The summed E-state index contributed by atoms with van der Waals surface area (Å²) in [7, 11) is 0. The van der Waals surface area contributed by atoms with Gasteiger partial charge in [0.05, 0.1) is 0 Å². The van der Waals surface area contributed by atoms with E-state index in [-0.39, 0.29) is 17.5 Å². The standard InChI is InChI=1S/C13H16FNOS/c1-8-13(4-5-17-8)7-11(15)10-6-9(14)2-3-12(10)16-13/h2-3,6,8,11H,4-5,7,15H2,1H3/t8?,11-,13?/m1/s1. The van der Waals surface area contributed by atoms with Crippen LogP contribution in [0.1, 0.15) is 31.4 Å². The zero-order valence-electron chi connectivity index (χ0n) is 9.78. The molecule has 1 saturated heterocycles. The predicted octanol–water partition coefficient (Wildman–Crippen LogP) is 2.87. The molecule has 2 nitrogen and oxygen atoms in total. The van der Waals surface area contributed by atoms with Crippen molar-refractivity contribution in [3.8, 4) is 5.75 Å². The summed E-state index contributed by atoms with van der Waals surface area (Å²) in [4.78, 5) is 0. The van der Waals surface area contributed by atoms with Crippen LogP contribution in [0.15, 0.2) is 18.2 Å². The first-order valence-corrected chi connectivity index (χ1v) is 7.01. The van der Waals surface area contributed by atoms with Crippen molar-refractivity contribution in [2.45, 2.75) is 36.7 Å². The SMILES string of the molecule is CC1SCCC12C[C@@H](N)c1cc(F)ccc1O2. The van der Waals surface area contributed by atoms with Gasteiger partial charge in [-0.1, -0.05) is 0 Å². The molecule has 1 aromatic rings. The van der Waals surface area contributed by atoms with Gasteiger partial charge in [-0.25, -0.2) is 4.39 Å². The van der Waals surface area contributed by atoms with E-state index in [1.807, 2.05) is 11.8 Å². The summed E-state index contributed by atoms with van der Waals surface area (Å²) in [6, 6.07) is 4.54. The van der Waals surface area contributed by atoms with Gasteiger partial charge in [-0.2, -0.15) is 11.8 Å². The van der Waals surface area contributed by atoms with E-state index in [0.29, 0.717) is 5.25 Å². The molecule has 92 valence electrons. The van der Waals surface area contributed by atoms with Crippen molar-refractivity contribution >= 4 is 11.8 Å². The average Bonchev–Trinajstić information content (AvgIpc) is 2.62. The number of hydrogen-bond acceptors (Lipinski definition) is 3. The summed E-state index contributed by atoms with van der Waals surface area (Å²) in [5, 5.41) is 0.451. The highest BCUT2D eigenvalue weighted by molar-refractivity contribution is 8.00. The lowest BCUT2D eigenvalue weighted by atomic mass is 9.84. The van der Waals surface area contributed by atoms with Crippen molar-refractivity contribution in [2.75, 3.05) is 5.75 Å². The van der Waals surface area contributed by atoms with Crippen LogP contribution in [0, 0.1) is 5.82 Å². The largest absolute Gasteiger partial charge is 0.486 e. The van der Waals surface area contributed by atoms with Crippen LogP contribution in [0.3, 0.4) is 0 Å². The maximum absolute atomic E-state index is 13.2. The van der Waals surface area contributed by atoms with Crippen molar-refractivity contribution in [3.05, 3.63) is 29.6 Å². The number of rotatable bonds is 0. The molecular formula is C13H16FNOS. The molecule has 1 fully saturated rings. The van der Waals surface area contributed by atoms with E-state index in [9.17, 15) is 4.39 Å². The van der Waals surface area contributed by atoms with Crippen molar-refractivity contribution in [1.29, 1.82) is 0 Å². The number of hydrogen-bond donors (Lipinski definition) is 1. The van der Waals surface area contributed by atoms with E-state index in [1.54, 1.807) is 6.07 Å². The Morgan fingerprint density at radius 3 is 3.06 bits per heavy atom. The van der Waals surface area contributed by atoms with E-state index in [2.05, 4.69) is 6.92 Å². The second-order valence-electron chi connectivity index (χ2n) is 4.92. The molecule has 0 aliphatic carbocycles. The summed E-state index contributed by atoms with van der Waals surface area (Å²) in [6.45, 7) is 2.19. The van der Waals surface area contributed by atoms with Gasteiger partial charge in [0.25, 0.3) is 0 Å². The Morgan fingerprint density at radius 2 is 2.35 bits per heavy atom. The molecule has 2 aliphatic rings. The van der Waals surface area contributed by atoms with Gasteiger partial charge < -0.3 is 10.5 Å². The number of ether oxygens (including phenoxy) is 1. The summed E-state index contributed by atoms with van der Waals surface area (Å²) < 4.78 is 19.3. The summed E-state index contributed by atoms with van der Waals surface area (Å²) in [5.41, 5.74) is 6.84. The minimum Gasteiger partial charge on any atom is -0.486 e. The molecule has 2 unspecified atom stereocenters. The van der Waals surface area contributed by atoms with E-state index in [4.69, 9.17) is 10.5 Å². The molecule has 0 radical (unpaired) electrons. The first-order chi connectivity index (χ1) is 8.11. The number of thioether (sulfide) groups is 1. The molecule has 2 aliphatic heterocycles. The van der Waals surface area contributed by atoms with Gasteiger partial charge in [0, 0.05) is 23.3 Å². The maximum atomic E-state index is 13.2. The van der Waals surface area contributed by atoms with Gasteiger partial charge in [-0.3, -0.25) is 0 Å². The molecule has 3 atom stereocenters. The smallest absolute Gasteiger partial charge is 0.125 e. The van der Waals surface area contributed by atoms with Crippen LogP contribution in [0.4, 0.5) is 4.39 Å². The molecular weight excluding hydrogens is 237 g/mol. The van der Waals surface area contributed by atoms with Gasteiger partial charge in [0.1, 0.15) is 17.2 Å². The third-order valence-electron chi connectivity index (χ3n) is 3.88. The highest BCUT2D eigenvalue weighted by Gasteiger charge is 2.47. The predicted molar refractivity (Wildman–Crippen MR) is 67.8 cm³/mol. The first kappa shape index (κ1) is 11.4. The summed E-state index contributed by atoms with van der Waals surface area (Å²) in [5.74, 6) is 1.64. The van der Waals surface area contributed by atoms with Crippen LogP contribution in [0.25, 0.3) is 0 Å². The number of halogens is 1. The Balaban J connectivity index is 2.01. The molecule has 2 N–H and O–H groups in total. The van der Waals surface area contributed by atoms with Gasteiger partial charge in [-0.05, 0) is 37.3 Å². The summed E-state index contributed by atoms with van der Waals surface area (Å²) >= 11 is 1.93. The lowest BCUT2D eigenvalue weighted by Crippen LogP contribution is -2.47. The monoisotopic (exact) mass is 253 g/mol. The minimum absolute atomic E-state index is 0.115. The van der Waals surface area contributed by atoms with Crippen molar-refractivity contribution in [1.82, 2.24) is 0 Å². The van der Waals surface area contributed by atoms with Crippen LogP contribution in [0.5, 0.6) is 5.75 Å². The van der Waals surface area contributed by atoms with Gasteiger partial charge in [0.2, 0.25) is 0 Å². The molecule has 2 heterocycles. The van der Waals surface area contributed by atoms with Crippen molar-refractivity contribution in [3.63, 3.8) is 0 Å². The average molecular weight is 253 g/mol. The highest BCUT2D eigenvalue weighted by Crippen LogP contribution is 2.48. The van der Waals surface area contributed by atoms with Crippen LogP contribution < -0.4 is 10.5 Å². The lowest BCUT2D eigenvalue weighted by molar-refractivity contribution is 0.0408. The Morgan fingerprint density at radius 1 is 1.53 bits per heavy atom. The number of nitrogens with two attached hydrogens (primary N) is 1. The Kier molecular flexibility index (Phi) is 2.60. The van der Waals surface area contributed by atoms with Gasteiger partial charge >= 0.3 is 0 Å². The fraction of sp³-hybridized carbons (Fsp3) is 0.538. The van der Waals surface area contributed by atoms with Crippen LogP contribution >= 0.6 is 11.8 Å². The zero-order chi connectivity index (χ0) is 12.0. The molecule has 0 aromatic heterocycles. The van der Waals surface area contributed by atoms with Crippen LogP contribution in [-0.2, 0) is 0 Å². The van der Waals surface area contributed by atoms with Crippen molar-refractivity contribution in [2.24, 2.45) is 5.73 Å². The molecule has 17 heavy (non-hydrogen) atoms. The number of benzene rings is 1. The fourth-order valence-electron chi connectivity index (χ4n) is 2.81. The molecule has 0 saturated carbocycles. The second-order valence-corrected chi connectivity index (χ2v) is 6.37. The van der Waals surface area contributed by atoms with Gasteiger partial charge in [-0.15, -0.1) is 0 Å². The van der Waals surface area contributed by atoms with Crippen LogP contribution in [-0.4, -0.2) is 16.6 Å². The Bertz CT molecular complexity index is 453. The van der Waals surface area contributed by atoms with Crippen LogP contribution in [0.2, 0.25) is 0 Å². The maximum Gasteiger partial charge on any atom is 0.125 e. The third-order valence-corrected chi connectivity index (χ3v) is 5.25. The molecule has 1 aromatic carbocycles. The van der Waals surface area contributed by atoms with Gasteiger partial charge in [0.15, 0.2) is 0 Å². The normalized spacial score (nSPS) is 35.7. The lowest BCUT2D eigenvalue weighted by Gasteiger charge is -2.41. The van der Waals surface area contributed by atoms with E-state index in [0.717, 1.165) is 29.9 Å². The third kappa shape index (κ3) is 1.74. The molecule has 1 spiro atoms. The van der Waals surface area contributed by atoms with E-state index < -0.39 is 0 Å². The molecule has 3 rings (SSSR count).